The van der Waals surface area contributed by atoms with Crippen molar-refractivity contribution in [1.82, 2.24) is 5.32 Å². The van der Waals surface area contributed by atoms with Crippen LogP contribution in [0.5, 0.6) is 0 Å². The normalized spacial score (nSPS) is 16.8. The van der Waals surface area contributed by atoms with E-state index in [1.54, 1.807) is 0 Å². The molecule has 0 heterocycles. The molecule has 4 rings (SSSR count). The fourth-order valence-corrected chi connectivity index (χ4v) is 5.60. The van der Waals surface area contributed by atoms with Gasteiger partial charge in [0.05, 0.1) is 19.3 Å². The molecule has 0 bridgehead atoms. The van der Waals surface area contributed by atoms with Gasteiger partial charge in [0.25, 0.3) is 11.4 Å². The molecule has 38 heavy (non-hydrogen) atoms. The van der Waals surface area contributed by atoms with Gasteiger partial charge in [0.2, 0.25) is 0 Å². The van der Waals surface area contributed by atoms with Gasteiger partial charge >= 0.3 is 0 Å². The molecule has 6 heteroatoms. The topological polar surface area (TPSA) is 68.7 Å². The second kappa shape index (κ2) is 12.1. The monoisotopic (exact) mass is 529 g/mol. The summed E-state index contributed by atoms with van der Waals surface area (Å²) in [5, 5.41) is 3.69. The number of amides is 1. The van der Waals surface area contributed by atoms with E-state index < -0.39 is 11.1 Å². The van der Waals surface area contributed by atoms with Crippen molar-refractivity contribution < 1.29 is 9.53 Å². The molecule has 2 atom stereocenters. The summed E-state index contributed by atoms with van der Waals surface area (Å²) in [6.07, 6.45) is 4.33. The highest BCUT2D eigenvalue weighted by molar-refractivity contribution is 6.31. The predicted molar refractivity (Wildman–Crippen MR) is 153 cm³/mol. The zero-order valence-electron chi connectivity index (χ0n) is 22.2. The van der Waals surface area contributed by atoms with Gasteiger partial charge in [0, 0.05) is 34.5 Å². The second-order valence-corrected chi connectivity index (χ2v) is 11.2. The Hall–Kier alpha value is -3.17. The number of nitrogens with one attached hydrogen (secondary N) is 1. The van der Waals surface area contributed by atoms with E-state index in [2.05, 4.69) is 22.3 Å². The quantitative estimate of drug-likeness (QED) is 0.278. The first-order chi connectivity index (χ1) is 18.2. The van der Waals surface area contributed by atoms with E-state index in [0.717, 1.165) is 47.9 Å². The van der Waals surface area contributed by atoms with Crippen molar-refractivity contribution in [3.63, 3.8) is 0 Å². The maximum Gasteiger partial charge on any atom is 0.257 e. The zero-order valence-corrected chi connectivity index (χ0v) is 22.9. The number of hydrogen-bond donors (Lipinski definition) is 2. The summed E-state index contributed by atoms with van der Waals surface area (Å²) >= 11 is 6.36. The van der Waals surface area contributed by atoms with Crippen molar-refractivity contribution in [2.45, 2.75) is 69.7 Å². The van der Waals surface area contributed by atoms with E-state index in [9.17, 15) is 4.79 Å². The third-order valence-electron chi connectivity index (χ3n) is 7.31. The summed E-state index contributed by atoms with van der Waals surface area (Å²) in [6, 6.07) is 23.1. The highest BCUT2D eigenvalue weighted by Gasteiger charge is 2.42. The van der Waals surface area contributed by atoms with Gasteiger partial charge in [-0.15, -0.1) is 0 Å². The summed E-state index contributed by atoms with van der Waals surface area (Å²) < 4.78 is 6.09. The molecule has 0 spiro atoms. The van der Waals surface area contributed by atoms with Gasteiger partial charge in [-0.05, 0) is 74.1 Å². The van der Waals surface area contributed by atoms with Gasteiger partial charge in [-0.25, -0.2) is 6.57 Å². The largest absolute Gasteiger partial charge is 0.375 e. The number of carbonyl (C=O) groups excluding carboxylic acids is 1. The molecular formula is C32H36ClN3O2. The first kappa shape index (κ1) is 27.9. The Labute approximate surface area is 231 Å². The molecule has 3 aromatic carbocycles. The molecule has 198 valence electrons. The standard InChI is InChI=1S/C32H36ClN3O2/c1-23(28-13-7-8-14-29(28)33)36-30(37)26-17-25(18-27(19-26)32(35-3)15-9-10-16-32)21-38-22-31(2,34)20-24-11-5-4-6-12-24/h4-8,11-14,17-19,23H,9-10,15-16,20-22,34H2,1-2H3,(H,36,37). The lowest BCUT2D eigenvalue weighted by atomic mass is 9.86. The maximum absolute atomic E-state index is 13.4. The summed E-state index contributed by atoms with van der Waals surface area (Å²) in [4.78, 5) is 17.5. The van der Waals surface area contributed by atoms with Crippen LogP contribution in [0.15, 0.2) is 72.8 Å². The van der Waals surface area contributed by atoms with E-state index in [1.807, 2.05) is 74.5 Å². The smallest absolute Gasteiger partial charge is 0.257 e. The molecule has 0 aliphatic heterocycles. The molecule has 0 radical (unpaired) electrons. The number of benzene rings is 3. The fraction of sp³-hybridized carbons (Fsp3) is 0.375. The van der Waals surface area contributed by atoms with Gasteiger partial charge in [-0.2, -0.15) is 0 Å². The second-order valence-electron chi connectivity index (χ2n) is 10.8. The van der Waals surface area contributed by atoms with Crippen LogP contribution < -0.4 is 11.1 Å². The van der Waals surface area contributed by atoms with Crippen LogP contribution >= 0.6 is 11.6 Å². The van der Waals surface area contributed by atoms with Crippen LogP contribution in [0.3, 0.4) is 0 Å². The molecule has 0 saturated heterocycles. The van der Waals surface area contributed by atoms with Crippen LogP contribution in [0.4, 0.5) is 0 Å². The van der Waals surface area contributed by atoms with E-state index in [0.29, 0.717) is 30.2 Å². The van der Waals surface area contributed by atoms with E-state index in [4.69, 9.17) is 28.6 Å². The number of halogens is 1. The van der Waals surface area contributed by atoms with Crippen LogP contribution in [0.1, 0.15) is 78.2 Å². The Morgan fingerprint density at radius 3 is 2.47 bits per heavy atom. The lowest BCUT2D eigenvalue weighted by Crippen LogP contribution is -2.43. The Bertz CT molecular complexity index is 1290. The number of hydrogen-bond acceptors (Lipinski definition) is 3. The van der Waals surface area contributed by atoms with Crippen molar-refractivity contribution in [3.05, 3.63) is 117 Å². The number of nitrogens with zero attached hydrogens (tertiary/aromatic N) is 1. The minimum atomic E-state index is -0.588. The molecule has 3 aromatic rings. The number of ether oxygens (including phenoxy) is 1. The summed E-state index contributed by atoms with van der Waals surface area (Å²) in [6.45, 7) is 12.5. The molecular weight excluding hydrogens is 494 g/mol. The maximum atomic E-state index is 13.4. The third kappa shape index (κ3) is 6.82. The lowest BCUT2D eigenvalue weighted by Gasteiger charge is -2.25. The summed E-state index contributed by atoms with van der Waals surface area (Å²) in [5.74, 6) is -0.202. The molecule has 0 aromatic heterocycles. The SMILES string of the molecule is [C-]#[N+]C1(c2cc(COCC(C)(N)Cc3ccccc3)cc(C(=O)NC(C)c3ccccc3Cl)c2)CCCC1. The molecule has 1 aliphatic rings. The predicted octanol–water partition coefficient (Wildman–Crippen LogP) is 7.00. The molecule has 3 N–H and O–H groups in total. The number of rotatable bonds is 10. The average Bonchev–Trinajstić information content (AvgIpc) is 3.39. The summed E-state index contributed by atoms with van der Waals surface area (Å²) in [7, 11) is 0. The van der Waals surface area contributed by atoms with Gasteiger partial charge in [0.15, 0.2) is 0 Å². The number of carbonyl (C=O) groups is 1. The molecule has 5 nitrogen and oxygen atoms in total. The molecule has 1 saturated carbocycles. The van der Waals surface area contributed by atoms with Crippen molar-refractivity contribution >= 4 is 17.5 Å². The van der Waals surface area contributed by atoms with Gasteiger partial charge < -0.3 is 20.6 Å². The van der Waals surface area contributed by atoms with Gasteiger partial charge in [-0.1, -0.05) is 60.1 Å². The van der Waals surface area contributed by atoms with Crippen LogP contribution in [-0.4, -0.2) is 18.1 Å². The Morgan fingerprint density at radius 2 is 1.79 bits per heavy atom. The minimum Gasteiger partial charge on any atom is -0.375 e. The highest BCUT2D eigenvalue weighted by atomic mass is 35.5. The third-order valence-corrected chi connectivity index (χ3v) is 7.65. The first-order valence-electron chi connectivity index (χ1n) is 13.2. The van der Waals surface area contributed by atoms with Crippen LogP contribution in [0, 0.1) is 6.57 Å². The van der Waals surface area contributed by atoms with Crippen LogP contribution in [0.25, 0.3) is 4.85 Å². The van der Waals surface area contributed by atoms with Crippen molar-refractivity contribution in [1.29, 1.82) is 0 Å². The molecule has 1 fully saturated rings. The molecule has 1 amide bonds. The fourth-order valence-electron chi connectivity index (χ4n) is 5.30. The van der Waals surface area contributed by atoms with E-state index in [-0.39, 0.29) is 11.9 Å². The van der Waals surface area contributed by atoms with E-state index >= 15 is 0 Å². The van der Waals surface area contributed by atoms with Crippen LogP contribution in [0.2, 0.25) is 5.02 Å². The lowest BCUT2D eigenvalue weighted by molar-refractivity contribution is 0.0789. The zero-order chi connectivity index (χ0) is 27.2. The Kier molecular flexibility index (Phi) is 8.89. The van der Waals surface area contributed by atoms with Gasteiger partial charge in [0.1, 0.15) is 0 Å². The molecule has 2 unspecified atom stereocenters. The minimum absolute atomic E-state index is 0.202. The van der Waals surface area contributed by atoms with E-state index in [1.165, 1.54) is 0 Å². The average molecular weight is 530 g/mol. The van der Waals surface area contributed by atoms with Gasteiger partial charge in [-0.3, -0.25) is 4.79 Å². The Morgan fingerprint density at radius 1 is 1.11 bits per heavy atom. The first-order valence-corrected chi connectivity index (χ1v) is 13.6. The van der Waals surface area contributed by atoms with Crippen molar-refractivity contribution in [3.8, 4) is 0 Å². The number of nitrogens with two attached hydrogens (primary N) is 1. The van der Waals surface area contributed by atoms with Crippen LogP contribution in [-0.2, 0) is 23.3 Å². The highest BCUT2D eigenvalue weighted by Crippen LogP contribution is 2.43. The van der Waals surface area contributed by atoms with Crippen molar-refractivity contribution in [2.75, 3.05) is 6.61 Å². The summed E-state index contributed by atoms with van der Waals surface area (Å²) in [5.41, 5.74) is 9.72. The Balaban J connectivity index is 1.53. The molecule has 1 aliphatic carbocycles. The van der Waals surface area contributed by atoms with Crippen molar-refractivity contribution in [2.24, 2.45) is 5.73 Å².